The first-order chi connectivity index (χ1) is 10.8. The van der Waals surface area contributed by atoms with Crippen molar-refractivity contribution < 1.29 is 17.6 Å². The molecule has 1 N–H and O–H groups in total. The Hall–Kier alpha value is -0.690. The van der Waals surface area contributed by atoms with Gasteiger partial charge in [0.25, 0.3) is 0 Å². The lowest BCUT2D eigenvalue weighted by Gasteiger charge is -2.58. The van der Waals surface area contributed by atoms with Crippen LogP contribution in [0.25, 0.3) is 0 Å². The zero-order chi connectivity index (χ0) is 16.3. The lowest BCUT2D eigenvalue weighted by atomic mass is 9.48. The van der Waals surface area contributed by atoms with Crippen molar-refractivity contribution in [3.63, 3.8) is 0 Å². The fourth-order valence-electron chi connectivity index (χ4n) is 5.84. The highest BCUT2D eigenvalue weighted by Crippen LogP contribution is 2.62. The van der Waals surface area contributed by atoms with E-state index in [0.29, 0.717) is 57.2 Å². The van der Waals surface area contributed by atoms with Crippen LogP contribution in [-0.2, 0) is 14.8 Å². The number of hydrogen-bond acceptors (Lipinski definition) is 3. The van der Waals surface area contributed by atoms with Crippen LogP contribution >= 0.6 is 0 Å². The number of alkyl halides is 1. The van der Waals surface area contributed by atoms with Crippen LogP contribution in [0.4, 0.5) is 4.39 Å². The van der Waals surface area contributed by atoms with Crippen LogP contribution in [0.2, 0.25) is 0 Å². The van der Waals surface area contributed by atoms with Gasteiger partial charge in [-0.05, 0) is 56.8 Å². The van der Waals surface area contributed by atoms with Gasteiger partial charge in [0.2, 0.25) is 15.9 Å². The van der Waals surface area contributed by atoms with E-state index >= 15 is 0 Å². The number of amides is 1. The van der Waals surface area contributed by atoms with Gasteiger partial charge in [-0.15, -0.1) is 0 Å². The van der Waals surface area contributed by atoms with Gasteiger partial charge in [0.15, 0.2) is 0 Å². The van der Waals surface area contributed by atoms with E-state index in [4.69, 9.17) is 0 Å². The van der Waals surface area contributed by atoms with Crippen LogP contribution in [0, 0.1) is 17.3 Å². The van der Waals surface area contributed by atoms with Gasteiger partial charge in [-0.1, -0.05) is 0 Å². The van der Waals surface area contributed by atoms with E-state index in [9.17, 15) is 17.6 Å². The Bertz CT molecular complexity index is 607. The molecule has 4 aliphatic carbocycles. The van der Waals surface area contributed by atoms with Gasteiger partial charge < -0.3 is 5.32 Å². The molecule has 0 spiro atoms. The molecule has 1 saturated heterocycles. The van der Waals surface area contributed by atoms with Gasteiger partial charge in [0.05, 0.1) is 11.2 Å². The van der Waals surface area contributed by atoms with Gasteiger partial charge in [-0.3, -0.25) is 4.79 Å². The monoisotopic (exact) mass is 344 g/mol. The minimum Gasteiger partial charge on any atom is -0.354 e. The molecule has 1 aliphatic heterocycles. The Morgan fingerprint density at radius 3 is 2.48 bits per heavy atom. The van der Waals surface area contributed by atoms with E-state index in [1.165, 1.54) is 4.31 Å². The summed E-state index contributed by atoms with van der Waals surface area (Å²) >= 11 is 0. The van der Waals surface area contributed by atoms with Crippen LogP contribution < -0.4 is 5.32 Å². The predicted octanol–water partition coefficient (Wildman–Crippen LogP) is 1.45. The lowest BCUT2D eigenvalue weighted by Crippen LogP contribution is -2.59. The van der Waals surface area contributed by atoms with Crippen LogP contribution in [0.5, 0.6) is 0 Å². The number of nitrogens with zero attached hydrogens (tertiary/aromatic N) is 1. The molecule has 23 heavy (non-hydrogen) atoms. The van der Waals surface area contributed by atoms with Crippen LogP contribution in [0.15, 0.2) is 0 Å². The molecule has 0 unspecified atom stereocenters. The molecule has 1 heterocycles. The van der Waals surface area contributed by atoms with Crippen molar-refractivity contribution in [2.75, 3.05) is 25.4 Å². The summed E-state index contributed by atoms with van der Waals surface area (Å²) in [6, 6.07) is 0. The summed E-state index contributed by atoms with van der Waals surface area (Å²) in [5.41, 5.74) is -1.68. The highest BCUT2D eigenvalue weighted by molar-refractivity contribution is 7.89. The standard InChI is InChI=1S/C16H25FN2O3S/c17-16-9-12-6-13(10-16)8-15(7-12,11-16)14(20)18-2-4-19-3-1-5-23(19,21)22/h12-13H,1-11H2,(H,18,20)/t12-,13-,15?,16?/m1/s1. The first-order valence-corrected chi connectivity index (χ1v) is 10.4. The first-order valence-electron chi connectivity index (χ1n) is 8.75. The normalized spacial score (nSPS) is 44.6. The molecule has 0 aromatic rings. The van der Waals surface area contributed by atoms with Crippen LogP contribution in [-0.4, -0.2) is 49.7 Å². The summed E-state index contributed by atoms with van der Waals surface area (Å²) in [5, 5.41) is 2.91. The number of nitrogens with one attached hydrogen (secondary N) is 1. The zero-order valence-electron chi connectivity index (χ0n) is 13.4. The third kappa shape index (κ3) is 2.69. The van der Waals surface area contributed by atoms with Crippen molar-refractivity contribution in [3.05, 3.63) is 0 Å². The molecule has 0 aromatic carbocycles. The number of carbonyl (C=O) groups is 1. The summed E-state index contributed by atoms with van der Waals surface area (Å²) in [7, 11) is -3.12. The fraction of sp³-hybridized carbons (Fsp3) is 0.938. The minimum atomic E-state index is -3.12. The van der Waals surface area contributed by atoms with Crippen molar-refractivity contribution in [3.8, 4) is 0 Å². The molecule has 4 bridgehead atoms. The summed E-state index contributed by atoms with van der Waals surface area (Å²) in [4.78, 5) is 12.7. The second kappa shape index (κ2) is 5.15. The maximum Gasteiger partial charge on any atom is 0.226 e. The maximum atomic E-state index is 14.9. The average Bonchev–Trinajstić information content (AvgIpc) is 2.75. The highest BCUT2D eigenvalue weighted by atomic mass is 32.2. The molecule has 5 rings (SSSR count). The van der Waals surface area contributed by atoms with E-state index in [2.05, 4.69) is 5.32 Å². The molecule has 0 aromatic heterocycles. The molecular weight excluding hydrogens is 319 g/mol. The molecule has 130 valence electrons. The van der Waals surface area contributed by atoms with Gasteiger partial charge >= 0.3 is 0 Å². The minimum absolute atomic E-state index is 0.0507. The molecule has 0 radical (unpaired) electrons. The summed E-state index contributed by atoms with van der Waals surface area (Å²) in [5.74, 6) is 0.862. The van der Waals surface area contributed by atoms with E-state index in [1.807, 2.05) is 0 Å². The summed E-state index contributed by atoms with van der Waals surface area (Å²) in [6.07, 6.45) is 4.97. The average molecular weight is 344 g/mol. The molecular formula is C16H25FN2O3S. The Labute approximate surface area is 137 Å². The second-order valence-corrected chi connectivity index (χ2v) is 10.3. The molecule has 5 aliphatic rings. The molecule has 5 nitrogen and oxygen atoms in total. The van der Waals surface area contributed by atoms with E-state index < -0.39 is 21.1 Å². The first kappa shape index (κ1) is 15.8. The van der Waals surface area contributed by atoms with E-state index in [0.717, 1.165) is 19.3 Å². The Morgan fingerprint density at radius 1 is 1.22 bits per heavy atom. The van der Waals surface area contributed by atoms with Crippen molar-refractivity contribution in [1.29, 1.82) is 0 Å². The Balaban J connectivity index is 1.38. The number of halogens is 1. The van der Waals surface area contributed by atoms with Gasteiger partial charge in [-0.25, -0.2) is 17.1 Å². The SMILES string of the molecule is O=C(NCCN1CCCS1(=O)=O)C12C[C@H]3C[C@@H](CC(F)(C3)C1)C2. The molecule has 1 amide bonds. The lowest BCUT2D eigenvalue weighted by molar-refractivity contribution is -0.160. The fourth-order valence-corrected chi connectivity index (χ4v) is 7.37. The van der Waals surface area contributed by atoms with Gasteiger partial charge in [0.1, 0.15) is 5.67 Å². The largest absolute Gasteiger partial charge is 0.354 e. The van der Waals surface area contributed by atoms with Crippen molar-refractivity contribution in [1.82, 2.24) is 9.62 Å². The van der Waals surface area contributed by atoms with Gasteiger partial charge in [-0.2, -0.15) is 0 Å². The van der Waals surface area contributed by atoms with Crippen molar-refractivity contribution in [2.45, 2.75) is 50.6 Å². The zero-order valence-corrected chi connectivity index (χ0v) is 14.2. The summed E-state index contributed by atoms with van der Waals surface area (Å²) in [6.45, 7) is 1.20. The van der Waals surface area contributed by atoms with E-state index in [-0.39, 0.29) is 11.7 Å². The molecule has 2 atom stereocenters. The smallest absolute Gasteiger partial charge is 0.226 e. The number of hydrogen-bond donors (Lipinski definition) is 1. The van der Waals surface area contributed by atoms with Crippen LogP contribution in [0.1, 0.15) is 44.9 Å². The van der Waals surface area contributed by atoms with Crippen molar-refractivity contribution in [2.24, 2.45) is 17.3 Å². The molecule has 4 saturated carbocycles. The summed E-state index contributed by atoms with van der Waals surface area (Å²) < 4.78 is 39.9. The topological polar surface area (TPSA) is 66.5 Å². The van der Waals surface area contributed by atoms with Gasteiger partial charge in [0, 0.05) is 19.6 Å². The van der Waals surface area contributed by atoms with Crippen molar-refractivity contribution >= 4 is 15.9 Å². The Kier molecular flexibility index (Phi) is 3.54. The third-order valence-corrected chi connectivity index (χ3v) is 8.28. The highest BCUT2D eigenvalue weighted by Gasteiger charge is 2.61. The maximum absolute atomic E-state index is 14.9. The Morgan fingerprint density at radius 2 is 1.91 bits per heavy atom. The second-order valence-electron chi connectivity index (χ2n) is 8.22. The molecule has 7 heteroatoms. The number of carbonyl (C=O) groups excluding carboxylic acids is 1. The molecule has 5 fully saturated rings. The predicted molar refractivity (Wildman–Crippen MR) is 83.9 cm³/mol. The number of rotatable bonds is 4. The van der Waals surface area contributed by atoms with E-state index in [1.54, 1.807) is 0 Å². The quantitative estimate of drug-likeness (QED) is 0.839. The number of sulfonamides is 1. The third-order valence-electron chi connectivity index (χ3n) is 6.32. The van der Waals surface area contributed by atoms with Crippen LogP contribution in [0.3, 0.4) is 0 Å².